The standard InChI is InChI=1S/C16H23N3/c1-3-17-16(19-15-10-6-7-11-15)18-12-14-9-5-4-8-13(14)2/h4-9,15H,3,10-12H2,1-2H3,(H2,17,18,19). The van der Waals surface area contributed by atoms with Gasteiger partial charge in [-0.3, -0.25) is 0 Å². The molecular weight excluding hydrogens is 234 g/mol. The van der Waals surface area contributed by atoms with E-state index in [0.29, 0.717) is 6.04 Å². The smallest absolute Gasteiger partial charge is 0.191 e. The van der Waals surface area contributed by atoms with Crippen LogP contribution in [0, 0.1) is 6.92 Å². The summed E-state index contributed by atoms with van der Waals surface area (Å²) in [5.41, 5.74) is 2.58. The van der Waals surface area contributed by atoms with Crippen molar-refractivity contribution in [1.29, 1.82) is 0 Å². The van der Waals surface area contributed by atoms with Gasteiger partial charge in [0.05, 0.1) is 6.54 Å². The van der Waals surface area contributed by atoms with Gasteiger partial charge in [-0.1, -0.05) is 36.4 Å². The fourth-order valence-electron chi connectivity index (χ4n) is 2.20. The Kier molecular flexibility index (Phi) is 5.01. The molecule has 0 spiro atoms. The van der Waals surface area contributed by atoms with Crippen LogP contribution in [0.3, 0.4) is 0 Å². The molecule has 0 saturated heterocycles. The average molecular weight is 257 g/mol. The summed E-state index contributed by atoms with van der Waals surface area (Å²) in [5, 5.41) is 6.79. The van der Waals surface area contributed by atoms with Crippen LogP contribution in [-0.2, 0) is 6.54 Å². The quantitative estimate of drug-likeness (QED) is 0.494. The largest absolute Gasteiger partial charge is 0.357 e. The first-order valence-electron chi connectivity index (χ1n) is 7.04. The molecule has 0 radical (unpaired) electrons. The lowest BCUT2D eigenvalue weighted by molar-refractivity contribution is 0.633. The first-order valence-corrected chi connectivity index (χ1v) is 7.04. The highest BCUT2D eigenvalue weighted by Gasteiger charge is 2.11. The molecule has 0 fully saturated rings. The fraction of sp³-hybridized carbons (Fsp3) is 0.438. The Morgan fingerprint density at radius 1 is 1.26 bits per heavy atom. The summed E-state index contributed by atoms with van der Waals surface area (Å²) >= 11 is 0. The van der Waals surface area contributed by atoms with Gasteiger partial charge in [0.2, 0.25) is 0 Å². The number of guanidine groups is 1. The Balaban J connectivity index is 1.97. The fourth-order valence-corrected chi connectivity index (χ4v) is 2.20. The second kappa shape index (κ2) is 6.98. The van der Waals surface area contributed by atoms with E-state index in [-0.39, 0.29) is 0 Å². The molecule has 0 aliphatic heterocycles. The molecule has 0 atom stereocenters. The maximum atomic E-state index is 4.67. The van der Waals surface area contributed by atoms with Crippen molar-refractivity contribution < 1.29 is 0 Å². The minimum atomic E-state index is 0.495. The third-order valence-corrected chi connectivity index (χ3v) is 3.36. The van der Waals surface area contributed by atoms with E-state index < -0.39 is 0 Å². The molecule has 0 bridgehead atoms. The second-order valence-electron chi connectivity index (χ2n) is 4.91. The molecule has 1 aromatic rings. The molecule has 2 rings (SSSR count). The van der Waals surface area contributed by atoms with Gasteiger partial charge >= 0.3 is 0 Å². The van der Waals surface area contributed by atoms with Gasteiger partial charge in [0.1, 0.15) is 0 Å². The normalized spacial score (nSPS) is 15.8. The Morgan fingerprint density at radius 3 is 2.68 bits per heavy atom. The van der Waals surface area contributed by atoms with E-state index in [1.807, 2.05) is 0 Å². The molecule has 2 N–H and O–H groups in total. The molecule has 0 aromatic heterocycles. The Labute approximate surface area is 115 Å². The molecule has 3 heteroatoms. The zero-order chi connectivity index (χ0) is 13.5. The molecule has 0 saturated carbocycles. The Bertz CT molecular complexity index is 455. The lowest BCUT2D eigenvalue weighted by Gasteiger charge is -2.16. The highest BCUT2D eigenvalue weighted by atomic mass is 15.2. The van der Waals surface area contributed by atoms with Crippen molar-refractivity contribution in [2.45, 2.75) is 39.3 Å². The van der Waals surface area contributed by atoms with Crippen LogP contribution < -0.4 is 10.6 Å². The van der Waals surface area contributed by atoms with Gasteiger partial charge < -0.3 is 10.6 Å². The maximum Gasteiger partial charge on any atom is 0.191 e. The Morgan fingerprint density at radius 2 is 2.00 bits per heavy atom. The molecule has 1 aliphatic carbocycles. The maximum absolute atomic E-state index is 4.67. The van der Waals surface area contributed by atoms with Crippen molar-refractivity contribution in [3.8, 4) is 0 Å². The third-order valence-electron chi connectivity index (χ3n) is 3.36. The minimum Gasteiger partial charge on any atom is -0.357 e. The van der Waals surface area contributed by atoms with Crippen LogP contribution in [-0.4, -0.2) is 18.5 Å². The van der Waals surface area contributed by atoms with Crippen molar-refractivity contribution in [2.75, 3.05) is 6.54 Å². The predicted molar refractivity (Wildman–Crippen MR) is 81.3 cm³/mol. The van der Waals surface area contributed by atoms with Crippen molar-refractivity contribution in [3.63, 3.8) is 0 Å². The van der Waals surface area contributed by atoms with Gasteiger partial charge in [-0.05, 0) is 37.8 Å². The molecule has 0 heterocycles. The summed E-state index contributed by atoms with van der Waals surface area (Å²) in [6.07, 6.45) is 6.63. The number of aliphatic imine (C=N–C) groups is 1. The van der Waals surface area contributed by atoms with Gasteiger partial charge in [0, 0.05) is 12.6 Å². The number of nitrogens with one attached hydrogen (secondary N) is 2. The molecule has 1 aromatic carbocycles. The summed E-state index contributed by atoms with van der Waals surface area (Å²) in [4.78, 5) is 4.67. The van der Waals surface area contributed by atoms with Gasteiger partial charge in [0.25, 0.3) is 0 Å². The van der Waals surface area contributed by atoms with Crippen LogP contribution in [0.5, 0.6) is 0 Å². The van der Waals surface area contributed by atoms with Gasteiger partial charge in [-0.25, -0.2) is 4.99 Å². The number of rotatable bonds is 4. The van der Waals surface area contributed by atoms with Crippen LogP contribution in [0.15, 0.2) is 41.4 Å². The third kappa shape index (κ3) is 4.12. The lowest BCUT2D eigenvalue weighted by atomic mass is 10.1. The van der Waals surface area contributed by atoms with Crippen molar-refractivity contribution >= 4 is 5.96 Å². The first kappa shape index (κ1) is 13.7. The van der Waals surface area contributed by atoms with Gasteiger partial charge in [-0.15, -0.1) is 0 Å². The summed E-state index contributed by atoms with van der Waals surface area (Å²) in [5.74, 6) is 0.916. The molecule has 0 unspecified atom stereocenters. The summed E-state index contributed by atoms with van der Waals surface area (Å²) in [6, 6.07) is 8.90. The van der Waals surface area contributed by atoms with Crippen LogP contribution in [0.4, 0.5) is 0 Å². The molecule has 1 aliphatic rings. The van der Waals surface area contributed by atoms with E-state index in [0.717, 1.165) is 31.9 Å². The zero-order valence-electron chi connectivity index (χ0n) is 11.8. The monoisotopic (exact) mass is 257 g/mol. The van der Waals surface area contributed by atoms with E-state index in [9.17, 15) is 0 Å². The van der Waals surface area contributed by atoms with E-state index in [1.165, 1.54) is 11.1 Å². The van der Waals surface area contributed by atoms with Gasteiger partial charge in [0.15, 0.2) is 5.96 Å². The summed E-state index contributed by atoms with van der Waals surface area (Å²) in [7, 11) is 0. The van der Waals surface area contributed by atoms with E-state index >= 15 is 0 Å². The number of hydrogen-bond acceptors (Lipinski definition) is 1. The minimum absolute atomic E-state index is 0.495. The van der Waals surface area contributed by atoms with Crippen LogP contribution in [0.25, 0.3) is 0 Å². The van der Waals surface area contributed by atoms with Crippen molar-refractivity contribution in [3.05, 3.63) is 47.5 Å². The molecule has 0 amide bonds. The van der Waals surface area contributed by atoms with Crippen molar-refractivity contribution in [1.82, 2.24) is 10.6 Å². The number of nitrogens with zero attached hydrogens (tertiary/aromatic N) is 1. The van der Waals surface area contributed by atoms with Crippen LogP contribution in [0.1, 0.15) is 30.9 Å². The van der Waals surface area contributed by atoms with E-state index in [4.69, 9.17) is 0 Å². The average Bonchev–Trinajstić information content (AvgIpc) is 2.91. The SMILES string of the molecule is CCNC(=NCc1ccccc1C)NC1CC=CC1. The zero-order valence-corrected chi connectivity index (χ0v) is 11.8. The van der Waals surface area contributed by atoms with Crippen LogP contribution >= 0.6 is 0 Å². The first-order chi connectivity index (χ1) is 9.29. The topological polar surface area (TPSA) is 36.4 Å². The number of aryl methyl sites for hydroxylation is 1. The lowest BCUT2D eigenvalue weighted by Crippen LogP contribution is -2.42. The highest BCUT2D eigenvalue weighted by Crippen LogP contribution is 2.10. The molecule has 19 heavy (non-hydrogen) atoms. The summed E-state index contributed by atoms with van der Waals surface area (Å²) < 4.78 is 0. The number of hydrogen-bond donors (Lipinski definition) is 2. The number of benzene rings is 1. The molecular formula is C16H23N3. The van der Waals surface area contributed by atoms with Crippen molar-refractivity contribution in [2.24, 2.45) is 4.99 Å². The second-order valence-corrected chi connectivity index (χ2v) is 4.91. The highest BCUT2D eigenvalue weighted by molar-refractivity contribution is 5.80. The van der Waals surface area contributed by atoms with E-state index in [1.54, 1.807) is 0 Å². The predicted octanol–water partition coefficient (Wildman–Crippen LogP) is 2.77. The molecule has 3 nitrogen and oxygen atoms in total. The Hall–Kier alpha value is -1.77. The van der Waals surface area contributed by atoms with E-state index in [2.05, 4.69) is 65.9 Å². The van der Waals surface area contributed by atoms with Gasteiger partial charge in [-0.2, -0.15) is 0 Å². The van der Waals surface area contributed by atoms with Crippen LogP contribution in [0.2, 0.25) is 0 Å². The summed E-state index contributed by atoms with van der Waals surface area (Å²) in [6.45, 7) is 5.84. The molecule has 102 valence electrons.